The van der Waals surface area contributed by atoms with Gasteiger partial charge in [-0.05, 0) is 23.8 Å². The Hall–Kier alpha value is -2.54. The normalized spacial score (nSPS) is 10.4. The highest BCUT2D eigenvalue weighted by Crippen LogP contribution is 2.24. The molecule has 0 aliphatic heterocycles. The zero-order chi connectivity index (χ0) is 15.4. The van der Waals surface area contributed by atoms with Crippen molar-refractivity contribution in [2.24, 2.45) is 5.73 Å². The van der Waals surface area contributed by atoms with Crippen LogP contribution in [0, 0.1) is 21.7 Å². The van der Waals surface area contributed by atoms with E-state index in [1.165, 1.54) is 24.3 Å². The molecule has 0 fully saturated rings. The van der Waals surface area contributed by atoms with E-state index < -0.39 is 16.6 Å². The Morgan fingerprint density at radius 2 is 1.90 bits per heavy atom. The van der Waals surface area contributed by atoms with Crippen molar-refractivity contribution >= 4 is 5.69 Å². The number of hydrogen-bond donors (Lipinski definition) is 1. The maximum absolute atomic E-state index is 13.1. The third-order valence-electron chi connectivity index (χ3n) is 2.85. The quantitative estimate of drug-likeness (QED) is 0.679. The molecule has 7 heteroatoms. The summed E-state index contributed by atoms with van der Waals surface area (Å²) in [4.78, 5) is 10.1. The highest BCUT2D eigenvalue weighted by Gasteiger charge is 2.11. The van der Waals surface area contributed by atoms with Crippen molar-refractivity contribution < 1.29 is 18.4 Å². The van der Waals surface area contributed by atoms with Crippen LogP contribution in [0.15, 0.2) is 36.4 Å². The van der Waals surface area contributed by atoms with E-state index in [2.05, 4.69) is 0 Å². The van der Waals surface area contributed by atoms with Gasteiger partial charge < -0.3 is 10.5 Å². The van der Waals surface area contributed by atoms with Crippen LogP contribution < -0.4 is 10.5 Å². The van der Waals surface area contributed by atoms with Crippen molar-refractivity contribution in [1.29, 1.82) is 0 Å². The fourth-order valence-corrected chi connectivity index (χ4v) is 1.77. The van der Waals surface area contributed by atoms with Crippen molar-refractivity contribution in [1.82, 2.24) is 0 Å². The molecular formula is C14H12F2N2O3. The molecule has 2 N–H and O–H groups in total. The molecule has 0 aliphatic carbocycles. The molecule has 0 saturated heterocycles. The summed E-state index contributed by atoms with van der Waals surface area (Å²) >= 11 is 0. The number of nitrogens with two attached hydrogens (primary N) is 1. The average molecular weight is 294 g/mol. The first kappa shape index (κ1) is 14.9. The second kappa shape index (κ2) is 6.27. The van der Waals surface area contributed by atoms with Gasteiger partial charge in [-0.25, -0.2) is 8.78 Å². The summed E-state index contributed by atoms with van der Waals surface area (Å²) in [5, 5.41) is 10.7. The topological polar surface area (TPSA) is 78.4 Å². The predicted octanol–water partition coefficient (Wildman–Crippen LogP) is 2.91. The molecule has 0 aliphatic rings. The largest absolute Gasteiger partial charge is 0.489 e. The number of nitrogens with zero attached hydrogens (tertiary/aromatic N) is 1. The number of hydrogen-bond acceptors (Lipinski definition) is 4. The third kappa shape index (κ3) is 3.51. The maximum atomic E-state index is 13.1. The molecule has 0 aromatic heterocycles. The summed E-state index contributed by atoms with van der Waals surface area (Å²) in [6, 6.07) is 7.48. The second-order valence-corrected chi connectivity index (χ2v) is 4.29. The predicted molar refractivity (Wildman–Crippen MR) is 71.7 cm³/mol. The molecule has 0 atom stereocenters. The van der Waals surface area contributed by atoms with E-state index in [0.717, 1.165) is 12.1 Å². The third-order valence-corrected chi connectivity index (χ3v) is 2.85. The molecule has 0 amide bonds. The van der Waals surface area contributed by atoms with E-state index in [1.54, 1.807) is 0 Å². The number of rotatable bonds is 5. The Morgan fingerprint density at radius 1 is 1.14 bits per heavy atom. The molecule has 5 nitrogen and oxygen atoms in total. The van der Waals surface area contributed by atoms with Crippen LogP contribution in [-0.2, 0) is 13.2 Å². The van der Waals surface area contributed by atoms with Crippen LogP contribution in [0.1, 0.15) is 11.1 Å². The lowest BCUT2D eigenvalue weighted by Crippen LogP contribution is -2.04. The molecule has 0 radical (unpaired) electrons. The Balaban J connectivity index is 2.15. The number of halogens is 2. The first-order valence-electron chi connectivity index (χ1n) is 6.05. The first-order valence-corrected chi connectivity index (χ1v) is 6.05. The number of nitro benzene ring substituents is 1. The van der Waals surface area contributed by atoms with E-state index >= 15 is 0 Å². The van der Waals surface area contributed by atoms with E-state index in [4.69, 9.17) is 10.5 Å². The van der Waals surface area contributed by atoms with Gasteiger partial charge in [-0.1, -0.05) is 6.07 Å². The minimum atomic E-state index is -0.959. The fraction of sp³-hybridized carbons (Fsp3) is 0.143. The SMILES string of the molecule is NCc1cc([N+](=O)[O-])ccc1OCc1ccc(F)c(F)c1. The van der Waals surface area contributed by atoms with Crippen molar-refractivity contribution in [2.45, 2.75) is 13.2 Å². The van der Waals surface area contributed by atoms with E-state index in [-0.39, 0.29) is 18.8 Å². The minimum Gasteiger partial charge on any atom is -0.489 e. The van der Waals surface area contributed by atoms with Crippen LogP contribution in [0.3, 0.4) is 0 Å². The summed E-state index contributed by atoms with van der Waals surface area (Å²) in [6.45, 7) is 0.0663. The van der Waals surface area contributed by atoms with Crippen LogP contribution in [0.4, 0.5) is 14.5 Å². The Morgan fingerprint density at radius 3 is 2.52 bits per heavy atom. The molecule has 2 aromatic rings. The van der Waals surface area contributed by atoms with Crippen LogP contribution in [0.2, 0.25) is 0 Å². The lowest BCUT2D eigenvalue weighted by Gasteiger charge is -2.10. The van der Waals surface area contributed by atoms with Gasteiger partial charge in [0.1, 0.15) is 12.4 Å². The fourth-order valence-electron chi connectivity index (χ4n) is 1.77. The molecule has 110 valence electrons. The first-order chi connectivity index (χ1) is 10.0. The van der Waals surface area contributed by atoms with Crippen molar-refractivity contribution in [3.63, 3.8) is 0 Å². The summed E-state index contributed by atoms with van der Waals surface area (Å²) in [7, 11) is 0. The highest BCUT2D eigenvalue weighted by atomic mass is 19.2. The van der Waals surface area contributed by atoms with Gasteiger partial charge in [0.15, 0.2) is 11.6 Å². The average Bonchev–Trinajstić information content (AvgIpc) is 2.48. The molecule has 21 heavy (non-hydrogen) atoms. The second-order valence-electron chi connectivity index (χ2n) is 4.29. The van der Waals surface area contributed by atoms with Gasteiger partial charge >= 0.3 is 0 Å². The molecular weight excluding hydrogens is 282 g/mol. The lowest BCUT2D eigenvalue weighted by molar-refractivity contribution is -0.384. The lowest BCUT2D eigenvalue weighted by atomic mass is 10.1. The highest BCUT2D eigenvalue weighted by molar-refractivity contribution is 5.43. The number of nitro groups is 1. The van der Waals surface area contributed by atoms with Crippen molar-refractivity contribution in [3.05, 3.63) is 69.3 Å². The number of benzene rings is 2. The summed E-state index contributed by atoms with van der Waals surface area (Å²) in [5.74, 6) is -1.52. The molecule has 0 heterocycles. The minimum absolute atomic E-state index is 0.00199. The van der Waals surface area contributed by atoms with Crippen molar-refractivity contribution in [2.75, 3.05) is 0 Å². The van der Waals surface area contributed by atoms with Crippen LogP contribution in [0.25, 0.3) is 0 Å². The van der Waals surface area contributed by atoms with E-state index in [0.29, 0.717) is 16.9 Å². The van der Waals surface area contributed by atoms with Crippen molar-refractivity contribution in [3.8, 4) is 5.75 Å². The Labute approximate surface area is 119 Å². The molecule has 2 aromatic carbocycles. The van der Waals surface area contributed by atoms with Gasteiger partial charge in [0.25, 0.3) is 5.69 Å². The van der Waals surface area contributed by atoms with E-state index in [9.17, 15) is 18.9 Å². The molecule has 0 bridgehead atoms. The van der Waals surface area contributed by atoms with E-state index in [1.807, 2.05) is 0 Å². The molecule has 0 saturated carbocycles. The Bertz CT molecular complexity index is 677. The van der Waals surface area contributed by atoms with Gasteiger partial charge in [-0.15, -0.1) is 0 Å². The van der Waals surface area contributed by atoms with Crippen LogP contribution in [-0.4, -0.2) is 4.92 Å². The molecule has 0 spiro atoms. The van der Waals surface area contributed by atoms with Crippen LogP contribution in [0.5, 0.6) is 5.75 Å². The molecule has 2 rings (SSSR count). The zero-order valence-electron chi connectivity index (χ0n) is 10.9. The van der Waals surface area contributed by atoms with Gasteiger partial charge in [-0.3, -0.25) is 10.1 Å². The standard InChI is InChI=1S/C14H12F2N2O3/c15-12-3-1-9(5-13(12)16)8-21-14-4-2-11(18(19)20)6-10(14)7-17/h1-6H,7-8,17H2. The smallest absolute Gasteiger partial charge is 0.270 e. The molecule has 0 unspecified atom stereocenters. The number of ether oxygens (including phenoxy) is 1. The zero-order valence-corrected chi connectivity index (χ0v) is 10.9. The van der Waals surface area contributed by atoms with Gasteiger partial charge in [0.05, 0.1) is 4.92 Å². The summed E-state index contributed by atoms with van der Waals surface area (Å²) in [6.07, 6.45) is 0. The monoisotopic (exact) mass is 294 g/mol. The summed E-state index contributed by atoms with van der Waals surface area (Å²) in [5.41, 5.74) is 6.34. The van der Waals surface area contributed by atoms with Gasteiger partial charge in [0.2, 0.25) is 0 Å². The van der Waals surface area contributed by atoms with Crippen LogP contribution >= 0.6 is 0 Å². The Kier molecular flexibility index (Phi) is 4.44. The summed E-state index contributed by atoms with van der Waals surface area (Å²) < 4.78 is 31.3. The van der Waals surface area contributed by atoms with Gasteiger partial charge in [-0.2, -0.15) is 0 Å². The van der Waals surface area contributed by atoms with Gasteiger partial charge in [0, 0.05) is 24.2 Å². The maximum Gasteiger partial charge on any atom is 0.270 e. The number of non-ortho nitro benzene ring substituents is 1.